The van der Waals surface area contributed by atoms with Crippen LogP contribution in [0.25, 0.3) is 5.08 Å². The van der Waals surface area contributed by atoms with E-state index in [0.29, 0.717) is 17.7 Å². The highest BCUT2D eigenvalue weighted by atomic mass is 16.2. The summed E-state index contributed by atoms with van der Waals surface area (Å²) in [6, 6.07) is 14.8. The normalized spacial score (nSPS) is 12.6. The molecule has 2 aromatic carbocycles. The molecule has 0 aromatic heterocycles. The minimum absolute atomic E-state index is 0. The van der Waals surface area contributed by atoms with Gasteiger partial charge in [0.2, 0.25) is 0 Å². The fourth-order valence-corrected chi connectivity index (χ4v) is 2.39. The lowest BCUT2D eigenvalue weighted by Gasteiger charge is -2.05. The number of nitrogens with zero attached hydrogens (tertiary/aromatic N) is 3. The summed E-state index contributed by atoms with van der Waals surface area (Å²) >= 11 is 0. The quantitative estimate of drug-likeness (QED) is 0.675. The molecule has 0 spiro atoms. The molecule has 3 rings (SSSR count). The van der Waals surface area contributed by atoms with Gasteiger partial charge in [0, 0.05) is 0 Å². The molecule has 1 amide bonds. The van der Waals surface area contributed by atoms with E-state index in [1.54, 1.807) is 18.2 Å². The summed E-state index contributed by atoms with van der Waals surface area (Å²) in [6.45, 7) is 0. The molecule has 0 aliphatic carbocycles. The van der Waals surface area contributed by atoms with Gasteiger partial charge in [-0.2, -0.15) is 0 Å². The van der Waals surface area contributed by atoms with Crippen LogP contribution in [-0.2, 0) is 11.2 Å². The Kier molecular flexibility index (Phi) is 3.78. The van der Waals surface area contributed by atoms with Crippen molar-refractivity contribution in [3.63, 3.8) is 0 Å². The van der Waals surface area contributed by atoms with E-state index in [1.165, 1.54) is 0 Å². The van der Waals surface area contributed by atoms with Gasteiger partial charge >= 0.3 is 11.0 Å². The van der Waals surface area contributed by atoms with E-state index in [2.05, 4.69) is 5.08 Å². The summed E-state index contributed by atoms with van der Waals surface area (Å²) in [5, 5.41) is 12.5. The van der Waals surface area contributed by atoms with Gasteiger partial charge in [0.05, 0.1) is 10.6 Å². The van der Waals surface area contributed by atoms with Crippen LogP contribution in [0.4, 0.5) is 5.69 Å². The third-order valence-electron chi connectivity index (χ3n) is 3.30. The van der Waals surface area contributed by atoms with Crippen LogP contribution in [0.1, 0.15) is 21.5 Å². The van der Waals surface area contributed by atoms with Crippen molar-refractivity contribution < 1.29 is 9.59 Å². The minimum atomic E-state index is -0.831. The number of amides is 1. The summed E-state index contributed by atoms with van der Waals surface area (Å²) < 4.78 is 0. The van der Waals surface area contributed by atoms with Crippen LogP contribution in [0.5, 0.6) is 0 Å². The first-order valence-corrected chi connectivity index (χ1v) is 6.12. The molecule has 21 heavy (non-hydrogen) atoms. The van der Waals surface area contributed by atoms with E-state index < -0.39 is 11.7 Å². The van der Waals surface area contributed by atoms with E-state index in [4.69, 9.17) is 5.39 Å². The third-order valence-corrected chi connectivity index (χ3v) is 3.30. The summed E-state index contributed by atoms with van der Waals surface area (Å²) in [4.78, 5) is 23.7. The molecule has 0 saturated heterocycles. The second-order valence-electron chi connectivity index (χ2n) is 4.51. The SMILES string of the molecule is N.N#[N+]N1C(=O)C(=O)c2c(Cc3ccccc3)cccc21. The number of benzene rings is 2. The lowest BCUT2D eigenvalue weighted by atomic mass is 9.97. The second kappa shape index (κ2) is 5.53. The van der Waals surface area contributed by atoms with Gasteiger partial charge in [-0.25, -0.2) is 0 Å². The summed E-state index contributed by atoms with van der Waals surface area (Å²) in [5.74, 6) is -1.47. The maximum Gasteiger partial charge on any atom is 0.375 e. The van der Waals surface area contributed by atoms with Crippen molar-refractivity contribution in [3.8, 4) is 0 Å². The van der Waals surface area contributed by atoms with Gasteiger partial charge < -0.3 is 6.15 Å². The number of carbonyl (C=O) groups excluding carboxylic acids is 2. The number of hydrogen-bond acceptors (Lipinski definition) is 4. The number of diazo groups is 1. The topological polar surface area (TPSA) is 101 Å². The molecule has 104 valence electrons. The summed E-state index contributed by atoms with van der Waals surface area (Å²) in [5.41, 5.74) is 2.44. The first-order chi connectivity index (χ1) is 9.72. The van der Waals surface area contributed by atoms with Crippen molar-refractivity contribution >= 4 is 17.4 Å². The van der Waals surface area contributed by atoms with Crippen molar-refractivity contribution in [2.45, 2.75) is 6.42 Å². The largest absolute Gasteiger partial charge is 0.375 e. The molecule has 3 N–H and O–H groups in total. The van der Waals surface area contributed by atoms with Gasteiger partial charge in [0.15, 0.2) is 0 Å². The van der Waals surface area contributed by atoms with Gasteiger partial charge in [-0.1, -0.05) is 42.5 Å². The van der Waals surface area contributed by atoms with Crippen LogP contribution in [0.15, 0.2) is 48.5 Å². The summed E-state index contributed by atoms with van der Waals surface area (Å²) in [7, 11) is 0. The van der Waals surface area contributed by atoms with Crippen LogP contribution < -0.4 is 11.2 Å². The molecule has 1 heterocycles. The Labute approximate surface area is 121 Å². The fourth-order valence-electron chi connectivity index (χ4n) is 2.39. The van der Waals surface area contributed by atoms with Gasteiger partial charge in [0.1, 0.15) is 5.69 Å². The van der Waals surface area contributed by atoms with E-state index in [1.807, 2.05) is 30.3 Å². The molecule has 0 saturated carbocycles. The van der Waals surface area contributed by atoms with E-state index >= 15 is 0 Å². The molecule has 6 heteroatoms. The highest BCUT2D eigenvalue weighted by Gasteiger charge is 2.45. The average Bonchev–Trinajstić information content (AvgIpc) is 2.72. The molecule has 1 aliphatic rings. The number of anilines is 1. The molecule has 0 fully saturated rings. The first kappa shape index (κ1) is 14.4. The Hall–Kier alpha value is -3.04. The molecular weight excluding hydrogens is 268 g/mol. The molecule has 1 aliphatic heterocycles. The van der Waals surface area contributed by atoms with Gasteiger partial charge in [-0.15, -0.1) is 0 Å². The summed E-state index contributed by atoms with van der Waals surface area (Å²) in [6.07, 6.45) is 0.544. The average molecular weight is 281 g/mol. The monoisotopic (exact) mass is 281 g/mol. The Morgan fingerprint density at radius 1 is 1.00 bits per heavy atom. The van der Waals surface area contributed by atoms with E-state index in [-0.39, 0.29) is 6.15 Å². The number of rotatable bonds is 2. The lowest BCUT2D eigenvalue weighted by molar-refractivity contribution is -0.113. The lowest BCUT2D eigenvalue weighted by Crippen LogP contribution is -2.22. The minimum Gasteiger partial charge on any atom is -0.344 e. The van der Waals surface area contributed by atoms with Gasteiger partial charge in [-0.05, 0) is 23.6 Å². The maximum absolute atomic E-state index is 12.0. The zero-order valence-corrected chi connectivity index (χ0v) is 11.2. The van der Waals surface area contributed by atoms with E-state index in [0.717, 1.165) is 16.1 Å². The fraction of sp³-hybridized carbons (Fsp3) is 0.0667. The zero-order valence-electron chi connectivity index (χ0n) is 11.2. The van der Waals surface area contributed by atoms with Crippen molar-refractivity contribution in [1.29, 1.82) is 5.39 Å². The Morgan fingerprint density at radius 3 is 2.38 bits per heavy atom. The molecule has 0 bridgehead atoms. The smallest absolute Gasteiger partial charge is 0.344 e. The van der Waals surface area contributed by atoms with Crippen molar-refractivity contribution in [3.05, 3.63) is 70.3 Å². The predicted octanol–water partition coefficient (Wildman–Crippen LogP) is 2.74. The molecule has 2 aromatic rings. The molecule has 0 atom stereocenters. The molecule has 0 unspecified atom stereocenters. The Bertz CT molecular complexity index is 750. The maximum atomic E-state index is 12.0. The third kappa shape index (κ3) is 2.26. The van der Waals surface area contributed by atoms with Crippen molar-refractivity contribution in [2.24, 2.45) is 0 Å². The first-order valence-electron chi connectivity index (χ1n) is 6.12. The van der Waals surface area contributed by atoms with Crippen LogP contribution in [0.3, 0.4) is 0 Å². The van der Waals surface area contributed by atoms with Crippen LogP contribution in [0, 0.1) is 5.39 Å². The second-order valence-corrected chi connectivity index (χ2v) is 4.51. The van der Waals surface area contributed by atoms with Gasteiger partial charge in [0.25, 0.3) is 11.2 Å². The molecule has 6 nitrogen and oxygen atoms in total. The van der Waals surface area contributed by atoms with Crippen LogP contribution in [-0.4, -0.2) is 11.7 Å². The van der Waals surface area contributed by atoms with Crippen LogP contribution in [0.2, 0.25) is 0 Å². The van der Waals surface area contributed by atoms with Crippen LogP contribution >= 0.6 is 0 Å². The number of Topliss-reactive ketones (excluding diaryl/α,β-unsaturated/α-hetero) is 1. The number of hydrogen-bond donors (Lipinski definition) is 1. The number of fused-ring (bicyclic) bond motifs is 1. The Morgan fingerprint density at radius 2 is 1.71 bits per heavy atom. The highest BCUT2D eigenvalue weighted by Crippen LogP contribution is 2.32. The molecular formula is C15H13N4O2+. The highest BCUT2D eigenvalue weighted by molar-refractivity contribution is 6.52. The van der Waals surface area contributed by atoms with Crippen molar-refractivity contribution in [1.82, 2.24) is 6.15 Å². The predicted molar refractivity (Wildman–Crippen MR) is 77.6 cm³/mol. The standard InChI is InChI=1S/C15H10N3O2.H3N/c16-17-18-12-8-4-7-11(13(12)14(19)15(18)20)9-10-5-2-1-3-6-10;/h1-8H,9H2;1H3/q+1;. The zero-order chi connectivity index (χ0) is 14.1. The Balaban J connectivity index is 0.00000161. The number of ketones is 1. The van der Waals surface area contributed by atoms with E-state index in [9.17, 15) is 9.59 Å². The number of carbonyl (C=O) groups is 2. The molecule has 0 radical (unpaired) electrons. The van der Waals surface area contributed by atoms with Crippen molar-refractivity contribution in [2.75, 3.05) is 5.01 Å². The van der Waals surface area contributed by atoms with Gasteiger partial charge in [-0.3, -0.25) is 9.59 Å².